The van der Waals surface area contributed by atoms with Gasteiger partial charge >= 0.3 is 0 Å². The molecule has 1 atom stereocenters. The van der Waals surface area contributed by atoms with Crippen LogP contribution in [-0.2, 0) is 4.74 Å². The van der Waals surface area contributed by atoms with E-state index < -0.39 is 5.60 Å². The van der Waals surface area contributed by atoms with Gasteiger partial charge in [0.05, 0.1) is 11.2 Å². The van der Waals surface area contributed by atoms with Crippen LogP contribution in [0.4, 0.5) is 0 Å². The predicted octanol–water partition coefficient (Wildman–Crippen LogP) is 2.52. The van der Waals surface area contributed by atoms with E-state index in [0.29, 0.717) is 0 Å². The number of rotatable bonds is 6. The standard InChI is InChI=1S/C11H22O2/c1-6-11(4,12)9-7-8-10(2,3)13-5/h6,12H,1,7-9H2,2-5H3. The van der Waals surface area contributed by atoms with E-state index in [9.17, 15) is 5.11 Å². The maximum absolute atomic E-state index is 9.63. The molecule has 0 aliphatic heterocycles. The molecule has 0 rings (SSSR count). The monoisotopic (exact) mass is 186 g/mol. The summed E-state index contributed by atoms with van der Waals surface area (Å²) in [6.07, 6.45) is 4.23. The highest BCUT2D eigenvalue weighted by Gasteiger charge is 2.19. The van der Waals surface area contributed by atoms with Crippen molar-refractivity contribution in [3.05, 3.63) is 12.7 Å². The molecule has 0 heterocycles. The van der Waals surface area contributed by atoms with Gasteiger partial charge < -0.3 is 9.84 Å². The van der Waals surface area contributed by atoms with Crippen molar-refractivity contribution in [3.8, 4) is 0 Å². The Morgan fingerprint density at radius 2 is 1.85 bits per heavy atom. The van der Waals surface area contributed by atoms with E-state index in [1.807, 2.05) is 0 Å². The highest BCUT2D eigenvalue weighted by molar-refractivity contribution is 4.91. The highest BCUT2D eigenvalue weighted by atomic mass is 16.5. The molecule has 2 nitrogen and oxygen atoms in total. The Kier molecular flexibility index (Phi) is 4.65. The van der Waals surface area contributed by atoms with Crippen molar-refractivity contribution in [3.63, 3.8) is 0 Å². The zero-order valence-electron chi connectivity index (χ0n) is 9.26. The molecule has 13 heavy (non-hydrogen) atoms. The van der Waals surface area contributed by atoms with Crippen LogP contribution >= 0.6 is 0 Å². The van der Waals surface area contributed by atoms with E-state index in [4.69, 9.17) is 4.74 Å². The summed E-state index contributed by atoms with van der Waals surface area (Å²) in [5.41, 5.74) is -0.818. The van der Waals surface area contributed by atoms with Crippen LogP contribution in [0.15, 0.2) is 12.7 Å². The van der Waals surface area contributed by atoms with Crippen LogP contribution in [0.2, 0.25) is 0 Å². The van der Waals surface area contributed by atoms with Crippen LogP contribution in [0.25, 0.3) is 0 Å². The number of hydrogen-bond acceptors (Lipinski definition) is 2. The molecule has 0 saturated heterocycles. The van der Waals surface area contributed by atoms with Gasteiger partial charge in [0.25, 0.3) is 0 Å². The van der Waals surface area contributed by atoms with Gasteiger partial charge in [-0.3, -0.25) is 0 Å². The smallest absolute Gasteiger partial charge is 0.0797 e. The lowest BCUT2D eigenvalue weighted by Gasteiger charge is -2.25. The van der Waals surface area contributed by atoms with Crippen molar-refractivity contribution in [2.45, 2.75) is 51.2 Å². The van der Waals surface area contributed by atoms with E-state index in [-0.39, 0.29) is 5.60 Å². The van der Waals surface area contributed by atoms with E-state index >= 15 is 0 Å². The number of hydrogen-bond donors (Lipinski definition) is 1. The first-order valence-corrected chi connectivity index (χ1v) is 4.74. The second-order valence-corrected chi connectivity index (χ2v) is 4.38. The van der Waals surface area contributed by atoms with Gasteiger partial charge in [0.15, 0.2) is 0 Å². The Morgan fingerprint density at radius 1 is 1.31 bits per heavy atom. The molecule has 0 fully saturated rings. The first-order valence-electron chi connectivity index (χ1n) is 4.74. The van der Waals surface area contributed by atoms with E-state index in [1.165, 1.54) is 0 Å². The molecule has 78 valence electrons. The zero-order chi connectivity index (χ0) is 10.5. The number of aliphatic hydroxyl groups is 1. The zero-order valence-corrected chi connectivity index (χ0v) is 9.26. The van der Waals surface area contributed by atoms with Gasteiger partial charge in [0.2, 0.25) is 0 Å². The third kappa shape index (κ3) is 5.83. The predicted molar refractivity (Wildman–Crippen MR) is 55.8 cm³/mol. The SMILES string of the molecule is C=CC(C)(O)CCCC(C)(C)OC. The highest BCUT2D eigenvalue weighted by Crippen LogP contribution is 2.21. The summed E-state index contributed by atoms with van der Waals surface area (Å²) in [6, 6.07) is 0. The molecule has 0 spiro atoms. The molecule has 0 aliphatic rings. The Balaban J connectivity index is 3.74. The third-order valence-corrected chi connectivity index (χ3v) is 2.45. The largest absolute Gasteiger partial charge is 0.386 e. The maximum Gasteiger partial charge on any atom is 0.0797 e. The number of ether oxygens (including phenoxy) is 1. The Hall–Kier alpha value is -0.340. The van der Waals surface area contributed by atoms with Crippen LogP contribution in [0.1, 0.15) is 40.0 Å². The minimum atomic E-state index is -0.732. The lowest BCUT2D eigenvalue weighted by molar-refractivity contribution is 0.00767. The molecule has 1 unspecified atom stereocenters. The molecule has 0 saturated carbocycles. The minimum absolute atomic E-state index is 0.0861. The van der Waals surface area contributed by atoms with Crippen LogP contribution in [0, 0.1) is 0 Å². The van der Waals surface area contributed by atoms with Crippen molar-refractivity contribution >= 4 is 0 Å². The third-order valence-electron chi connectivity index (χ3n) is 2.45. The van der Waals surface area contributed by atoms with Gasteiger partial charge in [-0.15, -0.1) is 6.58 Å². The Labute approximate surface area is 81.6 Å². The average molecular weight is 186 g/mol. The molecule has 0 radical (unpaired) electrons. The van der Waals surface area contributed by atoms with Crippen molar-refractivity contribution in [1.82, 2.24) is 0 Å². The fourth-order valence-electron chi connectivity index (χ4n) is 1.08. The summed E-state index contributed by atoms with van der Waals surface area (Å²) in [7, 11) is 1.71. The lowest BCUT2D eigenvalue weighted by Crippen LogP contribution is -2.25. The van der Waals surface area contributed by atoms with Crippen LogP contribution in [-0.4, -0.2) is 23.4 Å². The molecule has 0 bridgehead atoms. The maximum atomic E-state index is 9.63. The molecular formula is C11H22O2. The van der Waals surface area contributed by atoms with E-state index in [1.54, 1.807) is 20.1 Å². The van der Waals surface area contributed by atoms with Gasteiger partial charge in [-0.1, -0.05) is 6.08 Å². The first-order chi connectivity index (χ1) is 5.83. The minimum Gasteiger partial charge on any atom is -0.386 e. The summed E-state index contributed by atoms with van der Waals surface area (Å²) in [4.78, 5) is 0. The normalized spacial score (nSPS) is 16.7. The summed E-state index contributed by atoms with van der Waals surface area (Å²) in [5, 5.41) is 9.63. The molecule has 0 aliphatic carbocycles. The van der Waals surface area contributed by atoms with Crippen molar-refractivity contribution in [2.24, 2.45) is 0 Å². The van der Waals surface area contributed by atoms with Crippen LogP contribution in [0.3, 0.4) is 0 Å². The summed E-state index contributed by atoms with van der Waals surface area (Å²) >= 11 is 0. The van der Waals surface area contributed by atoms with Gasteiger partial charge in [-0.25, -0.2) is 0 Å². The van der Waals surface area contributed by atoms with E-state index in [0.717, 1.165) is 19.3 Å². The fourth-order valence-corrected chi connectivity index (χ4v) is 1.08. The van der Waals surface area contributed by atoms with Gasteiger partial charge in [-0.05, 0) is 40.0 Å². The van der Waals surface area contributed by atoms with Crippen molar-refractivity contribution in [1.29, 1.82) is 0 Å². The molecular weight excluding hydrogens is 164 g/mol. The molecule has 2 heteroatoms. The molecule has 0 amide bonds. The second-order valence-electron chi connectivity index (χ2n) is 4.38. The summed E-state index contributed by atoms with van der Waals surface area (Å²) < 4.78 is 5.28. The topological polar surface area (TPSA) is 29.5 Å². The molecule has 1 N–H and O–H groups in total. The average Bonchev–Trinajstić information content (AvgIpc) is 2.04. The van der Waals surface area contributed by atoms with E-state index in [2.05, 4.69) is 20.4 Å². The Bertz CT molecular complexity index is 159. The van der Waals surface area contributed by atoms with Gasteiger partial charge in [0.1, 0.15) is 0 Å². The molecule has 0 aromatic rings. The molecule has 0 aromatic heterocycles. The molecule has 0 aromatic carbocycles. The Morgan fingerprint density at radius 3 is 2.23 bits per heavy atom. The number of methoxy groups -OCH3 is 1. The first kappa shape index (κ1) is 12.7. The second kappa shape index (κ2) is 4.77. The summed E-state index contributed by atoms with van der Waals surface area (Å²) in [5.74, 6) is 0. The van der Waals surface area contributed by atoms with Gasteiger partial charge in [-0.2, -0.15) is 0 Å². The van der Waals surface area contributed by atoms with Gasteiger partial charge in [0, 0.05) is 7.11 Å². The fraction of sp³-hybridized carbons (Fsp3) is 0.818. The lowest BCUT2D eigenvalue weighted by atomic mass is 9.94. The van der Waals surface area contributed by atoms with Crippen LogP contribution in [0.5, 0.6) is 0 Å². The van der Waals surface area contributed by atoms with Crippen molar-refractivity contribution < 1.29 is 9.84 Å². The summed E-state index contributed by atoms with van der Waals surface area (Å²) in [6.45, 7) is 9.47. The van der Waals surface area contributed by atoms with Crippen LogP contribution < -0.4 is 0 Å². The quantitative estimate of drug-likeness (QED) is 0.646. The van der Waals surface area contributed by atoms with Crippen molar-refractivity contribution in [2.75, 3.05) is 7.11 Å².